The molecule has 1 saturated heterocycles. The number of aryl methyl sites for hydroxylation is 1. The number of nitrogens with one attached hydrogen (secondary N) is 2. The Morgan fingerprint density at radius 2 is 2.13 bits per heavy atom. The fraction of sp³-hybridized carbons (Fsp3) is 0.471. The van der Waals surface area contributed by atoms with Crippen LogP contribution in [0.5, 0.6) is 0 Å². The Bertz CT molecular complexity index is 669. The molecule has 2 aliphatic rings. The highest BCUT2D eigenvalue weighted by Crippen LogP contribution is 2.42. The monoisotopic (exact) mass is 315 g/mol. The van der Waals surface area contributed by atoms with E-state index in [0.717, 1.165) is 29.7 Å². The van der Waals surface area contributed by atoms with Gasteiger partial charge in [0, 0.05) is 5.69 Å². The lowest BCUT2D eigenvalue weighted by molar-refractivity contribution is -0.134. The Labute approximate surface area is 135 Å². The topological polar surface area (TPSA) is 78.5 Å². The molecule has 6 heteroatoms. The second-order valence-corrected chi connectivity index (χ2v) is 6.40. The molecular weight excluding hydrogens is 294 g/mol. The van der Waals surface area contributed by atoms with E-state index in [4.69, 9.17) is 0 Å². The predicted octanol–water partition coefficient (Wildman–Crippen LogP) is 1.91. The highest BCUT2D eigenvalue weighted by molar-refractivity contribution is 6.10. The van der Waals surface area contributed by atoms with Crippen molar-refractivity contribution < 1.29 is 14.4 Å². The number of nitrogens with zero attached hydrogens (tertiary/aromatic N) is 1. The number of imide groups is 1. The molecule has 3 rings (SSSR count). The highest BCUT2D eigenvalue weighted by Gasteiger charge is 2.56. The van der Waals surface area contributed by atoms with Gasteiger partial charge in [-0.25, -0.2) is 4.79 Å². The lowest BCUT2D eigenvalue weighted by Gasteiger charge is -2.20. The molecule has 122 valence electrons. The average molecular weight is 315 g/mol. The van der Waals surface area contributed by atoms with Crippen LogP contribution < -0.4 is 10.6 Å². The largest absolute Gasteiger partial charge is 0.325 e. The Morgan fingerprint density at radius 1 is 1.39 bits per heavy atom. The van der Waals surface area contributed by atoms with Crippen LogP contribution in [0.15, 0.2) is 24.3 Å². The third-order valence-electron chi connectivity index (χ3n) is 4.62. The van der Waals surface area contributed by atoms with Crippen molar-refractivity contribution in [3.63, 3.8) is 0 Å². The molecule has 1 saturated carbocycles. The number of hydrogen-bond donors (Lipinski definition) is 2. The molecule has 1 aromatic carbocycles. The molecule has 1 aliphatic carbocycles. The summed E-state index contributed by atoms with van der Waals surface area (Å²) in [4.78, 5) is 37.7. The van der Waals surface area contributed by atoms with E-state index in [1.54, 1.807) is 13.0 Å². The number of benzene rings is 1. The summed E-state index contributed by atoms with van der Waals surface area (Å²) in [6, 6.07) is 7.04. The van der Waals surface area contributed by atoms with Gasteiger partial charge in [0.1, 0.15) is 12.1 Å². The van der Waals surface area contributed by atoms with Gasteiger partial charge in [-0.05, 0) is 49.8 Å². The number of urea groups is 1. The van der Waals surface area contributed by atoms with Gasteiger partial charge in [-0.2, -0.15) is 0 Å². The maximum absolute atomic E-state index is 12.5. The van der Waals surface area contributed by atoms with Crippen LogP contribution in [0.2, 0.25) is 0 Å². The molecule has 1 heterocycles. The van der Waals surface area contributed by atoms with Gasteiger partial charge < -0.3 is 10.6 Å². The van der Waals surface area contributed by atoms with E-state index < -0.39 is 11.6 Å². The molecule has 0 unspecified atom stereocenters. The second kappa shape index (κ2) is 5.68. The van der Waals surface area contributed by atoms with Crippen LogP contribution in [0.1, 0.15) is 32.3 Å². The van der Waals surface area contributed by atoms with Gasteiger partial charge in [-0.3, -0.25) is 14.5 Å². The van der Waals surface area contributed by atoms with Crippen molar-refractivity contribution in [2.45, 2.75) is 38.6 Å². The van der Waals surface area contributed by atoms with Crippen molar-refractivity contribution in [3.8, 4) is 0 Å². The van der Waals surface area contributed by atoms with Crippen LogP contribution in [0.3, 0.4) is 0 Å². The maximum Gasteiger partial charge on any atom is 0.325 e. The number of carbonyl (C=O) groups is 3. The number of hydrogen-bond acceptors (Lipinski definition) is 3. The average Bonchev–Trinajstić information content (AvgIpc) is 3.34. The van der Waals surface area contributed by atoms with Gasteiger partial charge in [-0.1, -0.05) is 19.1 Å². The van der Waals surface area contributed by atoms with Crippen molar-refractivity contribution in [1.82, 2.24) is 10.2 Å². The van der Waals surface area contributed by atoms with Crippen molar-refractivity contribution in [2.24, 2.45) is 5.92 Å². The minimum atomic E-state index is -0.848. The number of carbonyl (C=O) groups excluding carboxylic acids is 3. The van der Waals surface area contributed by atoms with Crippen LogP contribution in [0.4, 0.5) is 10.5 Å². The van der Waals surface area contributed by atoms with Crippen molar-refractivity contribution >= 4 is 23.5 Å². The molecule has 1 atom stereocenters. The molecule has 0 aromatic heterocycles. The van der Waals surface area contributed by atoms with Crippen molar-refractivity contribution in [1.29, 1.82) is 0 Å². The summed E-state index contributed by atoms with van der Waals surface area (Å²) in [7, 11) is 0. The Morgan fingerprint density at radius 3 is 2.78 bits per heavy atom. The zero-order valence-corrected chi connectivity index (χ0v) is 13.4. The lowest BCUT2D eigenvalue weighted by Crippen LogP contribution is -2.46. The molecule has 0 bridgehead atoms. The molecule has 2 N–H and O–H groups in total. The Kier molecular flexibility index (Phi) is 3.83. The molecule has 2 fully saturated rings. The first-order chi connectivity index (χ1) is 10.9. The number of rotatable bonds is 5. The lowest BCUT2D eigenvalue weighted by atomic mass is 9.96. The summed E-state index contributed by atoms with van der Waals surface area (Å²) in [5.41, 5.74) is 0.935. The van der Waals surface area contributed by atoms with Gasteiger partial charge in [0.2, 0.25) is 5.91 Å². The summed E-state index contributed by atoms with van der Waals surface area (Å²) in [6.45, 7) is 3.52. The quantitative estimate of drug-likeness (QED) is 0.815. The van der Waals surface area contributed by atoms with E-state index in [1.807, 2.05) is 25.1 Å². The maximum atomic E-state index is 12.5. The molecule has 23 heavy (non-hydrogen) atoms. The summed E-state index contributed by atoms with van der Waals surface area (Å²) in [5, 5.41) is 5.48. The zero-order valence-electron chi connectivity index (χ0n) is 13.4. The molecule has 0 spiro atoms. The van der Waals surface area contributed by atoms with Crippen molar-refractivity contribution in [3.05, 3.63) is 29.8 Å². The van der Waals surface area contributed by atoms with E-state index in [9.17, 15) is 14.4 Å². The predicted molar refractivity (Wildman–Crippen MR) is 85.8 cm³/mol. The molecule has 6 nitrogen and oxygen atoms in total. The Balaban J connectivity index is 1.65. The van der Waals surface area contributed by atoms with Crippen LogP contribution in [-0.4, -0.2) is 34.8 Å². The molecular formula is C17H21N3O3. The van der Waals surface area contributed by atoms with E-state index in [2.05, 4.69) is 10.6 Å². The third-order valence-corrected chi connectivity index (χ3v) is 4.62. The van der Waals surface area contributed by atoms with Gasteiger partial charge in [-0.15, -0.1) is 0 Å². The first-order valence-electron chi connectivity index (χ1n) is 7.97. The van der Waals surface area contributed by atoms with E-state index >= 15 is 0 Å². The SMILES string of the molecule is CCc1cccc(NC(=O)CN2C(=O)N[C@@](C)(C3CC3)C2=O)c1. The summed E-state index contributed by atoms with van der Waals surface area (Å²) >= 11 is 0. The fourth-order valence-electron chi connectivity index (χ4n) is 3.01. The fourth-order valence-corrected chi connectivity index (χ4v) is 3.01. The summed E-state index contributed by atoms with van der Waals surface area (Å²) < 4.78 is 0. The number of anilines is 1. The standard InChI is InChI=1S/C17H21N3O3/c1-3-11-5-4-6-13(9-11)18-14(21)10-20-15(22)17(2,12-7-8-12)19-16(20)23/h4-6,9,12H,3,7-8,10H2,1-2H3,(H,18,21)(H,19,23)/t17-/m0/s1. The zero-order chi connectivity index (χ0) is 16.6. The van der Waals surface area contributed by atoms with Gasteiger partial charge in [0.05, 0.1) is 0 Å². The Hall–Kier alpha value is -2.37. The van der Waals surface area contributed by atoms with E-state index in [-0.39, 0.29) is 24.3 Å². The van der Waals surface area contributed by atoms with E-state index in [0.29, 0.717) is 5.69 Å². The third kappa shape index (κ3) is 2.93. The van der Waals surface area contributed by atoms with E-state index in [1.165, 1.54) is 0 Å². The molecule has 0 radical (unpaired) electrons. The minimum absolute atomic E-state index is 0.188. The highest BCUT2D eigenvalue weighted by atomic mass is 16.2. The van der Waals surface area contributed by atoms with Crippen LogP contribution in [0.25, 0.3) is 0 Å². The first-order valence-corrected chi connectivity index (χ1v) is 7.97. The summed E-state index contributed by atoms with van der Waals surface area (Å²) in [6.07, 6.45) is 2.75. The van der Waals surface area contributed by atoms with Gasteiger partial charge >= 0.3 is 6.03 Å². The van der Waals surface area contributed by atoms with Gasteiger partial charge in [0.15, 0.2) is 0 Å². The van der Waals surface area contributed by atoms with Gasteiger partial charge in [0.25, 0.3) is 5.91 Å². The minimum Gasteiger partial charge on any atom is -0.325 e. The van der Waals surface area contributed by atoms with Crippen LogP contribution in [0, 0.1) is 5.92 Å². The number of amides is 4. The second-order valence-electron chi connectivity index (χ2n) is 6.40. The van der Waals surface area contributed by atoms with Crippen molar-refractivity contribution in [2.75, 3.05) is 11.9 Å². The molecule has 1 aromatic rings. The normalized spacial score (nSPS) is 23.8. The van der Waals surface area contributed by atoms with Crippen LogP contribution in [-0.2, 0) is 16.0 Å². The smallest absolute Gasteiger partial charge is 0.325 e. The molecule has 1 aliphatic heterocycles. The first kappa shape index (κ1) is 15.5. The van der Waals surface area contributed by atoms with Crippen LogP contribution >= 0.6 is 0 Å². The summed E-state index contributed by atoms with van der Waals surface area (Å²) in [5.74, 6) is -0.488. The molecule has 4 amide bonds.